The van der Waals surface area contributed by atoms with E-state index in [9.17, 15) is 4.79 Å². The standard InChI is InChI=1S/C9H17ClO3/c1-3-5-13-9(11)8(2)7-12-6-4-10/h8H,3-7H2,1-2H3. The Labute approximate surface area is 84.4 Å². The van der Waals surface area contributed by atoms with E-state index < -0.39 is 0 Å². The normalized spacial score (nSPS) is 12.5. The van der Waals surface area contributed by atoms with E-state index in [4.69, 9.17) is 21.1 Å². The Hall–Kier alpha value is -0.280. The van der Waals surface area contributed by atoms with Crippen LogP contribution in [0.1, 0.15) is 20.3 Å². The maximum absolute atomic E-state index is 11.2. The molecule has 0 fully saturated rings. The summed E-state index contributed by atoms with van der Waals surface area (Å²) in [7, 11) is 0. The van der Waals surface area contributed by atoms with Crippen molar-refractivity contribution in [2.45, 2.75) is 20.3 Å². The fourth-order valence-corrected chi connectivity index (χ4v) is 0.837. The lowest BCUT2D eigenvalue weighted by atomic mass is 10.2. The molecule has 0 aromatic carbocycles. The summed E-state index contributed by atoms with van der Waals surface area (Å²) in [5.74, 6) is 0.0580. The molecule has 0 bridgehead atoms. The van der Waals surface area contributed by atoms with Crippen molar-refractivity contribution in [1.29, 1.82) is 0 Å². The number of rotatable bonds is 7. The average Bonchev–Trinajstić information content (AvgIpc) is 2.14. The average molecular weight is 209 g/mol. The molecule has 78 valence electrons. The number of hydrogen-bond donors (Lipinski definition) is 0. The molecule has 3 nitrogen and oxygen atoms in total. The molecule has 0 N–H and O–H groups in total. The summed E-state index contributed by atoms with van der Waals surface area (Å²) >= 11 is 5.41. The quantitative estimate of drug-likeness (QED) is 0.364. The number of esters is 1. The van der Waals surface area contributed by atoms with Crippen molar-refractivity contribution in [2.75, 3.05) is 25.7 Å². The number of carbonyl (C=O) groups excluding carboxylic acids is 1. The van der Waals surface area contributed by atoms with Crippen LogP contribution in [-0.4, -0.2) is 31.7 Å². The summed E-state index contributed by atoms with van der Waals surface area (Å²) in [5.41, 5.74) is 0. The molecular weight excluding hydrogens is 192 g/mol. The van der Waals surface area contributed by atoms with Crippen LogP contribution in [0, 0.1) is 5.92 Å². The van der Waals surface area contributed by atoms with Gasteiger partial charge in [-0.05, 0) is 13.3 Å². The fraction of sp³-hybridized carbons (Fsp3) is 0.889. The number of alkyl halides is 1. The molecule has 0 aliphatic carbocycles. The fourth-order valence-electron chi connectivity index (χ4n) is 0.728. The Morgan fingerprint density at radius 2 is 2.15 bits per heavy atom. The molecule has 0 heterocycles. The zero-order chi connectivity index (χ0) is 10.1. The van der Waals surface area contributed by atoms with Gasteiger partial charge in [-0.25, -0.2) is 0 Å². The van der Waals surface area contributed by atoms with Crippen molar-refractivity contribution < 1.29 is 14.3 Å². The molecule has 0 spiro atoms. The molecule has 0 aliphatic rings. The molecule has 1 unspecified atom stereocenters. The summed E-state index contributed by atoms with van der Waals surface area (Å²) in [6.07, 6.45) is 0.848. The molecule has 0 amide bonds. The number of halogens is 1. The first kappa shape index (κ1) is 12.7. The lowest BCUT2D eigenvalue weighted by Gasteiger charge is -2.10. The summed E-state index contributed by atoms with van der Waals surface area (Å²) in [5, 5.41) is 0. The molecular formula is C9H17ClO3. The van der Waals surface area contributed by atoms with Gasteiger partial charge < -0.3 is 9.47 Å². The summed E-state index contributed by atoms with van der Waals surface area (Å²) in [6.45, 7) is 5.09. The van der Waals surface area contributed by atoms with Gasteiger partial charge in [-0.3, -0.25) is 4.79 Å². The van der Waals surface area contributed by atoms with Gasteiger partial charge >= 0.3 is 5.97 Å². The third-order valence-electron chi connectivity index (χ3n) is 1.44. The van der Waals surface area contributed by atoms with Gasteiger partial charge in [0.2, 0.25) is 0 Å². The molecule has 0 aromatic heterocycles. The highest BCUT2D eigenvalue weighted by Gasteiger charge is 2.13. The number of carbonyl (C=O) groups is 1. The van der Waals surface area contributed by atoms with Crippen molar-refractivity contribution >= 4 is 17.6 Å². The Balaban J connectivity index is 3.45. The van der Waals surface area contributed by atoms with Crippen LogP contribution in [0.4, 0.5) is 0 Å². The largest absolute Gasteiger partial charge is 0.465 e. The SMILES string of the molecule is CCCOC(=O)C(C)COCCCl. The van der Waals surface area contributed by atoms with Crippen molar-refractivity contribution in [2.24, 2.45) is 5.92 Å². The molecule has 0 aliphatic heterocycles. The van der Waals surface area contributed by atoms with Gasteiger partial charge in [0.15, 0.2) is 0 Å². The van der Waals surface area contributed by atoms with Crippen LogP contribution >= 0.6 is 11.6 Å². The van der Waals surface area contributed by atoms with Crippen LogP contribution in [-0.2, 0) is 14.3 Å². The third kappa shape index (κ3) is 6.84. The van der Waals surface area contributed by atoms with Crippen molar-refractivity contribution in [3.63, 3.8) is 0 Å². The third-order valence-corrected chi connectivity index (χ3v) is 1.59. The maximum atomic E-state index is 11.2. The molecule has 0 saturated heterocycles. The van der Waals surface area contributed by atoms with Crippen LogP contribution in [0.3, 0.4) is 0 Å². The highest BCUT2D eigenvalue weighted by Crippen LogP contribution is 2.00. The molecule has 1 atom stereocenters. The predicted molar refractivity (Wildman–Crippen MR) is 52.0 cm³/mol. The van der Waals surface area contributed by atoms with Crippen LogP contribution in [0.5, 0.6) is 0 Å². The second-order valence-electron chi connectivity index (χ2n) is 2.83. The summed E-state index contributed by atoms with van der Waals surface area (Å²) in [4.78, 5) is 11.2. The van der Waals surface area contributed by atoms with Crippen LogP contribution < -0.4 is 0 Å². The summed E-state index contributed by atoms with van der Waals surface area (Å²) < 4.78 is 10.0. The Bertz CT molecular complexity index is 139. The van der Waals surface area contributed by atoms with Crippen LogP contribution in [0.25, 0.3) is 0 Å². The van der Waals surface area contributed by atoms with Gasteiger partial charge in [0.1, 0.15) is 0 Å². The Kier molecular flexibility index (Phi) is 8.14. The van der Waals surface area contributed by atoms with E-state index in [1.807, 2.05) is 6.92 Å². The molecule has 4 heteroatoms. The Morgan fingerprint density at radius 3 is 2.69 bits per heavy atom. The number of hydrogen-bond acceptors (Lipinski definition) is 3. The second kappa shape index (κ2) is 8.32. The summed E-state index contributed by atoms with van der Waals surface area (Å²) in [6, 6.07) is 0. The first-order valence-corrected chi connectivity index (χ1v) is 5.06. The zero-order valence-electron chi connectivity index (χ0n) is 8.22. The van der Waals surface area contributed by atoms with E-state index >= 15 is 0 Å². The van der Waals surface area contributed by atoms with Crippen LogP contribution in [0.15, 0.2) is 0 Å². The molecule has 0 rings (SSSR count). The highest BCUT2D eigenvalue weighted by molar-refractivity contribution is 6.17. The highest BCUT2D eigenvalue weighted by atomic mass is 35.5. The van der Waals surface area contributed by atoms with Gasteiger partial charge in [-0.15, -0.1) is 11.6 Å². The lowest BCUT2D eigenvalue weighted by molar-refractivity contribution is -0.149. The van der Waals surface area contributed by atoms with Crippen molar-refractivity contribution in [3.8, 4) is 0 Å². The maximum Gasteiger partial charge on any atom is 0.310 e. The van der Waals surface area contributed by atoms with E-state index in [-0.39, 0.29) is 11.9 Å². The van der Waals surface area contributed by atoms with E-state index in [1.165, 1.54) is 0 Å². The first-order chi connectivity index (χ1) is 6.22. The van der Waals surface area contributed by atoms with Gasteiger partial charge in [0.05, 0.1) is 25.7 Å². The van der Waals surface area contributed by atoms with E-state index in [1.54, 1.807) is 6.92 Å². The van der Waals surface area contributed by atoms with Gasteiger partial charge in [-0.2, -0.15) is 0 Å². The molecule has 13 heavy (non-hydrogen) atoms. The minimum atomic E-state index is -0.199. The predicted octanol–water partition coefficient (Wildman–Crippen LogP) is 1.83. The molecule has 0 radical (unpaired) electrons. The monoisotopic (exact) mass is 208 g/mol. The van der Waals surface area contributed by atoms with Gasteiger partial charge in [0.25, 0.3) is 0 Å². The first-order valence-electron chi connectivity index (χ1n) is 4.52. The topological polar surface area (TPSA) is 35.5 Å². The van der Waals surface area contributed by atoms with Crippen molar-refractivity contribution in [1.82, 2.24) is 0 Å². The van der Waals surface area contributed by atoms with Gasteiger partial charge in [-0.1, -0.05) is 6.92 Å². The minimum absolute atomic E-state index is 0.198. The van der Waals surface area contributed by atoms with Gasteiger partial charge in [0, 0.05) is 5.88 Å². The second-order valence-corrected chi connectivity index (χ2v) is 3.21. The van der Waals surface area contributed by atoms with Crippen LogP contribution in [0.2, 0.25) is 0 Å². The zero-order valence-corrected chi connectivity index (χ0v) is 8.97. The molecule has 0 saturated carbocycles. The smallest absolute Gasteiger partial charge is 0.310 e. The van der Waals surface area contributed by atoms with E-state index in [0.29, 0.717) is 25.7 Å². The Morgan fingerprint density at radius 1 is 1.46 bits per heavy atom. The molecule has 0 aromatic rings. The van der Waals surface area contributed by atoms with E-state index in [2.05, 4.69) is 0 Å². The van der Waals surface area contributed by atoms with Crippen molar-refractivity contribution in [3.05, 3.63) is 0 Å². The minimum Gasteiger partial charge on any atom is -0.465 e. The van der Waals surface area contributed by atoms with E-state index in [0.717, 1.165) is 6.42 Å². The lowest BCUT2D eigenvalue weighted by Crippen LogP contribution is -2.20. The number of ether oxygens (including phenoxy) is 2.